The third-order valence-electron chi connectivity index (χ3n) is 4.64. The fraction of sp³-hybridized carbons (Fsp3) is 0.261. The van der Waals surface area contributed by atoms with E-state index in [4.69, 9.17) is 10.5 Å². The van der Waals surface area contributed by atoms with Crippen molar-refractivity contribution < 1.29 is 9.53 Å². The van der Waals surface area contributed by atoms with Gasteiger partial charge >= 0.3 is 0 Å². The van der Waals surface area contributed by atoms with E-state index >= 15 is 0 Å². The number of aliphatic imine (C=N–C) groups is 1. The Kier molecular flexibility index (Phi) is 7.26. The number of hydrogen-bond donors (Lipinski definition) is 3. The standard InChI is InChI=1S/C23H28N6O2/c1-16-11-17(2)29(28-16)21-10-5-4-8-19(21)14-27-23(25-3)26-13-18-7-6-9-20(12-18)31-15-22(24)30/h4-12H,13-15H2,1-3H3,(H2,24,30)(H2,25,26,27). The molecule has 0 bridgehead atoms. The Labute approximate surface area is 182 Å². The molecule has 3 rings (SSSR count). The molecule has 1 aromatic heterocycles. The third kappa shape index (κ3) is 6.08. The number of aromatic nitrogens is 2. The Bertz CT molecular complexity index is 1070. The van der Waals surface area contributed by atoms with Crippen LogP contribution in [0.15, 0.2) is 59.6 Å². The normalized spacial score (nSPS) is 11.3. The highest BCUT2D eigenvalue weighted by atomic mass is 16.5. The molecule has 0 spiro atoms. The first-order valence-corrected chi connectivity index (χ1v) is 10.0. The molecule has 0 fully saturated rings. The van der Waals surface area contributed by atoms with Crippen molar-refractivity contribution in [2.75, 3.05) is 13.7 Å². The molecule has 31 heavy (non-hydrogen) atoms. The number of nitrogens with one attached hydrogen (secondary N) is 2. The first-order chi connectivity index (χ1) is 15.0. The predicted octanol–water partition coefficient (Wildman–Crippen LogP) is 2.22. The summed E-state index contributed by atoms with van der Waals surface area (Å²) in [5.41, 5.74) is 10.3. The summed E-state index contributed by atoms with van der Waals surface area (Å²) >= 11 is 0. The van der Waals surface area contributed by atoms with Crippen molar-refractivity contribution in [3.05, 3.63) is 77.1 Å². The van der Waals surface area contributed by atoms with Gasteiger partial charge in [0.15, 0.2) is 12.6 Å². The fourth-order valence-corrected chi connectivity index (χ4v) is 3.22. The number of nitrogens with zero attached hydrogens (tertiary/aromatic N) is 3. The van der Waals surface area contributed by atoms with Crippen LogP contribution < -0.4 is 21.1 Å². The Morgan fingerprint density at radius 2 is 1.87 bits per heavy atom. The highest BCUT2D eigenvalue weighted by Crippen LogP contribution is 2.17. The fourth-order valence-electron chi connectivity index (χ4n) is 3.22. The third-order valence-corrected chi connectivity index (χ3v) is 4.64. The number of hydrogen-bond acceptors (Lipinski definition) is 4. The van der Waals surface area contributed by atoms with Crippen LogP contribution in [0.1, 0.15) is 22.5 Å². The van der Waals surface area contributed by atoms with Gasteiger partial charge in [-0.15, -0.1) is 0 Å². The molecule has 3 aromatic rings. The summed E-state index contributed by atoms with van der Waals surface area (Å²) in [5, 5.41) is 11.2. The molecule has 4 N–H and O–H groups in total. The molecule has 1 heterocycles. The molecule has 8 heteroatoms. The smallest absolute Gasteiger partial charge is 0.255 e. The summed E-state index contributed by atoms with van der Waals surface area (Å²) in [6.45, 7) is 5.04. The Morgan fingerprint density at radius 3 is 2.58 bits per heavy atom. The Morgan fingerprint density at radius 1 is 1.10 bits per heavy atom. The number of guanidine groups is 1. The van der Waals surface area contributed by atoms with Gasteiger partial charge in [-0.2, -0.15) is 5.10 Å². The van der Waals surface area contributed by atoms with Crippen LogP contribution in [0.25, 0.3) is 5.69 Å². The van der Waals surface area contributed by atoms with E-state index in [1.165, 1.54) is 0 Å². The molecule has 0 radical (unpaired) electrons. The number of para-hydroxylation sites is 1. The molecular weight excluding hydrogens is 392 g/mol. The molecular formula is C23H28N6O2. The second kappa shape index (κ2) is 10.3. The molecule has 0 atom stereocenters. The van der Waals surface area contributed by atoms with Crippen molar-refractivity contribution in [2.45, 2.75) is 26.9 Å². The van der Waals surface area contributed by atoms with Gasteiger partial charge in [0.2, 0.25) is 0 Å². The SMILES string of the molecule is CN=C(NCc1cccc(OCC(N)=O)c1)NCc1ccccc1-n1nc(C)cc1C. The Balaban J connectivity index is 1.62. The van der Waals surface area contributed by atoms with Crippen molar-refractivity contribution in [2.24, 2.45) is 10.7 Å². The van der Waals surface area contributed by atoms with Gasteiger partial charge in [-0.25, -0.2) is 4.68 Å². The Hall–Kier alpha value is -3.81. The van der Waals surface area contributed by atoms with Crippen LogP contribution in [0.4, 0.5) is 0 Å². The molecule has 0 aliphatic rings. The minimum Gasteiger partial charge on any atom is -0.484 e. The largest absolute Gasteiger partial charge is 0.484 e. The molecule has 1 amide bonds. The van der Waals surface area contributed by atoms with Gasteiger partial charge in [0.05, 0.1) is 11.4 Å². The molecule has 0 aliphatic carbocycles. The minimum atomic E-state index is -0.506. The summed E-state index contributed by atoms with van der Waals surface area (Å²) in [6.07, 6.45) is 0. The van der Waals surface area contributed by atoms with E-state index in [2.05, 4.69) is 38.9 Å². The van der Waals surface area contributed by atoms with E-state index < -0.39 is 5.91 Å². The number of benzene rings is 2. The molecule has 0 aliphatic heterocycles. The zero-order valence-electron chi connectivity index (χ0n) is 18.1. The maximum Gasteiger partial charge on any atom is 0.255 e. The minimum absolute atomic E-state index is 0.144. The summed E-state index contributed by atoms with van der Waals surface area (Å²) in [5.74, 6) is 0.764. The number of amides is 1. The van der Waals surface area contributed by atoms with Gasteiger partial charge in [0, 0.05) is 25.8 Å². The highest BCUT2D eigenvalue weighted by molar-refractivity contribution is 5.79. The van der Waals surface area contributed by atoms with E-state index in [0.29, 0.717) is 24.8 Å². The van der Waals surface area contributed by atoms with E-state index in [1.54, 1.807) is 13.1 Å². The predicted molar refractivity (Wildman–Crippen MR) is 121 cm³/mol. The molecule has 0 unspecified atom stereocenters. The first-order valence-electron chi connectivity index (χ1n) is 10.0. The molecule has 2 aromatic carbocycles. The van der Waals surface area contributed by atoms with Gasteiger partial charge < -0.3 is 21.1 Å². The summed E-state index contributed by atoms with van der Waals surface area (Å²) < 4.78 is 7.32. The lowest BCUT2D eigenvalue weighted by Crippen LogP contribution is -2.36. The van der Waals surface area contributed by atoms with Gasteiger partial charge in [-0.05, 0) is 49.2 Å². The number of primary amides is 1. The average Bonchev–Trinajstić information content (AvgIpc) is 3.10. The van der Waals surface area contributed by atoms with Crippen molar-refractivity contribution in [1.29, 1.82) is 0 Å². The van der Waals surface area contributed by atoms with Crippen molar-refractivity contribution in [1.82, 2.24) is 20.4 Å². The zero-order chi connectivity index (χ0) is 22.2. The number of rotatable bonds is 8. The van der Waals surface area contributed by atoms with Crippen LogP contribution in [0.2, 0.25) is 0 Å². The summed E-state index contributed by atoms with van der Waals surface area (Å²) in [7, 11) is 1.73. The van der Waals surface area contributed by atoms with E-state index in [1.807, 2.05) is 48.9 Å². The molecule has 0 saturated heterocycles. The quantitative estimate of drug-likeness (QED) is 0.383. The van der Waals surface area contributed by atoms with Crippen LogP contribution in [0.3, 0.4) is 0 Å². The summed E-state index contributed by atoms with van der Waals surface area (Å²) in [4.78, 5) is 15.2. The van der Waals surface area contributed by atoms with Crippen LogP contribution in [-0.4, -0.2) is 35.3 Å². The molecule has 162 valence electrons. The lowest BCUT2D eigenvalue weighted by molar-refractivity contribution is -0.119. The van der Waals surface area contributed by atoms with E-state index in [9.17, 15) is 4.79 Å². The van der Waals surface area contributed by atoms with Gasteiger partial charge in [0.25, 0.3) is 5.91 Å². The zero-order valence-corrected chi connectivity index (χ0v) is 18.1. The number of nitrogens with two attached hydrogens (primary N) is 1. The number of carbonyl (C=O) groups is 1. The van der Waals surface area contributed by atoms with Crippen LogP contribution >= 0.6 is 0 Å². The van der Waals surface area contributed by atoms with Crippen molar-refractivity contribution in [3.8, 4) is 11.4 Å². The van der Waals surface area contributed by atoms with Crippen molar-refractivity contribution in [3.63, 3.8) is 0 Å². The summed E-state index contributed by atoms with van der Waals surface area (Å²) in [6, 6.07) is 17.7. The lowest BCUT2D eigenvalue weighted by atomic mass is 10.1. The first kappa shape index (κ1) is 21.9. The van der Waals surface area contributed by atoms with Gasteiger partial charge in [-0.1, -0.05) is 30.3 Å². The second-order valence-corrected chi connectivity index (χ2v) is 7.15. The average molecular weight is 421 g/mol. The van der Waals surface area contributed by atoms with Crippen molar-refractivity contribution >= 4 is 11.9 Å². The topological polar surface area (TPSA) is 107 Å². The number of ether oxygens (including phenoxy) is 1. The van der Waals surface area contributed by atoms with E-state index in [0.717, 1.165) is 28.2 Å². The van der Waals surface area contributed by atoms with Gasteiger partial charge in [-0.3, -0.25) is 9.79 Å². The van der Waals surface area contributed by atoms with Crippen LogP contribution in [-0.2, 0) is 17.9 Å². The monoisotopic (exact) mass is 420 g/mol. The molecule has 0 saturated carbocycles. The highest BCUT2D eigenvalue weighted by Gasteiger charge is 2.09. The maximum atomic E-state index is 10.9. The number of aryl methyl sites for hydroxylation is 2. The number of carbonyl (C=O) groups excluding carboxylic acids is 1. The van der Waals surface area contributed by atoms with Gasteiger partial charge in [0.1, 0.15) is 5.75 Å². The van der Waals surface area contributed by atoms with Crippen LogP contribution in [0, 0.1) is 13.8 Å². The molecule has 8 nitrogen and oxygen atoms in total. The lowest BCUT2D eigenvalue weighted by Gasteiger charge is -2.15. The van der Waals surface area contributed by atoms with E-state index in [-0.39, 0.29) is 6.61 Å². The maximum absolute atomic E-state index is 10.9. The van der Waals surface area contributed by atoms with Crippen LogP contribution in [0.5, 0.6) is 5.75 Å². The second-order valence-electron chi connectivity index (χ2n) is 7.15.